The smallest absolute Gasteiger partial charge is 0.398 e. The van der Waals surface area contributed by atoms with E-state index in [2.05, 4.69) is 16.9 Å². The van der Waals surface area contributed by atoms with E-state index in [9.17, 15) is 0 Å². The third-order valence-corrected chi connectivity index (χ3v) is 5.79. The van der Waals surface area contributed by atoms with Crippen LogP contribution in [0.25, 0.3) is 5.57 Å². The maximum absolute atomic E-state index is 15.6. The molecule has 0 bridgehead atoms. The van der Waals surface area contributed by atoms with Crippen LogP contribution in [0.15, 0.2) is 30.1 Å². The predicted molar refractivity (Wildman–Crippen MR) is 98.6 cm³/mol. The van der Waals surface area contributed by atoms with Crippen LogP contribution in [0.4, 0.5) is 4.39 Å². The number of hydrogen-bond acceptors (Lipinski definition) is 4. The van der Waals surface area contributed by atoms with Crippen LogP contribution in [-0.2, 0) is 9.31 Å². The van der Waals surface area contributed by atoms with Gasteiger partial charge in [0.15, 0.2) is 0 Å². The van der Waals surface area contributed by atoms with Crippen molar-refractivity contribution in [3.8, 4) is 0 Å². The third-order valence-electron chi connectivity index (χ3n) is 5.79. The number of aromatic nitrogens is 1. The zero-order valence-electron chi connectivity index (χ0n) is 15.9. The Morgan fingerprint density at radius 2 is 1.76 bits per heavy atom. The first-order chi connectivity index (χ1) is 11.7. The lowest BCUT2D eigenvalue weighted by molar-refractivity contribution is 0.00578. The second-order valence-electron chi connectivity index (χ2n) is 8.14. The van der Waals surface area contributed by atoms with Gasteiger partial charge in [-0.05, 0) is 78.7 Å². The number of piperidine rings is 1. The number of halogens is 1. The van der Waals surface area contributed by atoms with Crippen LogP contribution in [-0.4, -0.2) is 48.3 Å². The molecule has 0 radical (unpaired) electrons. The van der Waals surface area contributed by atoms with Crippen LogP contribution in [0.3, 0.4) is 0 Å². The van der Waals surface area contributed by atoms with Crippen LogP contribution >= 0.6 is 0 Å². The molecule has 3 rings (SSSR count). The molecule has 2 aliphatic rings. The lowest BCUT2D eigenvalue weighted by Gasteiger charge is -2.32. The van der Waals surface area contributed by atoms with Crippen molar-refractivity contribution in [2.75, 3.05) is 20.1 Å². The van der Waals surface area contributed by atoms with Crippen molar-refractivity contribution in [1.29, 1.82) is 0 Å². The van der Waals surface area contributed by atoms with Gasteiger partial charge >= 0.3 is 7.12 Å². The van der Waals surface area contributed by atoms with Gasteiger partial charge in [-0.2, -0.15) is 0 Å². The summed E-state index contributed by atoms with van der Waals surface area (Å²) in [6.07, 6.45) is 3.53. The molecule has 2 aliphatic heterocycles. The van der Waals surface area contributed by atoms with Crippen LogP contribution in [0.1, 0.15) is 46.2 Å². The summed E-state index contributed by atoms with van der Waals surface area (Å²) in [5.41, 5.74) is -0.114. The molecule has 1 aromatic heterocycles. The molecule has 3 heterocycles. The molecular weight excluding hydrogens is 318 g/mol. The van der Waals surface area contributed by atoms with E-state index in [0.29, 0.717) is 11.3 Å². The molecule has 0 amide bonds. The number of likely N-dealkylation sites (tertiary alicyclic amines) is 1. The average molecular weight is 346 g/mol. The van der Waals surface area contributed by atoms with Crippen LogP contribution in [0.2, 0.25) is 0 Å². The van der Waals surface area contributed by atoms with E-state index in [1.54, 1.807) is 6.20 Å². The Bertz CT molecular complexity index is 624. The number of allylic oxidation sites excluding steroid dienone is 1. The normalized spacial score (nSPS) is 25.1. The standard InChI is InChI=1S/C19H28BFN2O2/c1-18(2)19(3,4)25-20(24-18)17(21)16(15-8-6-7-11-22-15)14-9-12-23(5)13-10-14/h6-8,11,14H,9-10,12-13H2,1-5H3. The minimum atomic E-state index is -0.971. The Morgan fingerprint density at radius 1 is 1.16 bits per heavy atom. The molecule has 0 atom stereocenters. The molecule has 25 heavy (non-hydrogen) atoms. The van der Waals surface area contributed by atoms with Crippen molar-refractivity contribution < 1.29 is 13.7 Å². The lowest BCUT2D eigenvalue weighted by Crippen LogP contribution is -2.41. The van der Waals surface area contributed by atoms with Gasteiger partial charge in [-0.3, -0.25) is 4.98 Å². The monoisotopic (exact) mass is 346 g/mol. The summed E-state index contributed by atoms with van der Waals surface area (Å²) in [6.45, 7) is 9.68. The number of rotatable bonds is 3. The lowest BCUT2D eigenvalue weighted by atomic mass is 9.77. The van der Waals surface area contributed by atoms with Crippen molar-refractivity contribution in [2.24, 2.45) is 5.92 Å². The zero-order valence-corrected chi connectivity index (χ0v) is 15.9. The topological polar surface area (TPSA) is 34.6 Å². The Kier molecular flexibility index (Phi) is 5.06. The second-order valence-corrected chi connectivity index (χ2v) is 8.14. The largest absolute Gasteiger partial charge is 0.525 e. The first-order valence-corrected chi connectivity index (χ1v) is 9.06. The molecule has 0 aromatic carbocycles. The molecule has 1 aromatic rings. The quantitative estimate of drug-likeness (QED) is 0.781. The Hall–Kier alpha value is -1.24. The highest BCUT2D eigenvalue weighted by Crippen LogP contribution is 2.42. The van der Waals surface area contributed by atoms with E-state index >= 15 is 4.39 Å². The fourth-order valence-electron chi connectivity index (χ4n) is 3.42. The highest BCUT2D eigenvalue weighted by molar-refractivity contribution is 6.55. The minimum absolute atomic E-state index is 0.130. The van der Waals surface area contributed by atoms with Gasteiger partial charge in [0.1, 0.15) is 5.73 Å². The molecule has 2 fully saturated rings. The van der Waals surface area contributed by atoms with E-state index in [0.717, 1.165) is 25.9 Å². The van der Waals surface area contributed by atoms with Gasteiger partial charge in [-0.1, -0.05) is 6.07 Å². The maximum atomic E-state index is 15.6. The first-order valence-electron chi connectivity index (χ1n) is 9.06. The van der Waals surface area contributed by atoms with E-state index in [1.165, 1.54) is 0 Å². The molecule has 136 valence electrons. The summed E-state index contributed by atoms with van der Waals surface area (Å²) in [6, 6.07) is 5.62. The van der Waals surface area contributed by atoms with E-state index in [1.807, 2.05) is 45.9 Å². The molecule has 0 unspecified atom stereocenters. The molecule has 6 heteroatoms. The number of pyridine rings is 1. The minimum Gasteiger partial charge on any atom is -0.398 e. The Morgan fingerprint density at radius 3 is 2.28 bits per heavy atom. The van der Waals surface area contributed by atoms with Gasteiger partial charge < -0.3 is 14.2 Å². The Labute approximate surface area is 150 Å². The Balaban J connectivity index is 1.97. The summed E-state index contributed by atoms with van der Waals surface area (Å²) in [5.74, 6) is 0.130. The average Bonchev–Trinajstić information content (AvgIpc) is 2.78. The summed E-state index contributed by atoms with van der Waals surface area (Å²) in [4.78, 5) is 6.69. The molecule has 0 aliphatic carbocycles. The zero-order chi connectivity index (χ0) is 18.2. The van der Waals surface area contributed by atoms with Crippen LogP contribution < -0.4 is 0 Å². The second kappa shape index (κ2) is 6.82. The third kappa shape index (κ3) is 3.66. The number of nitrogens with zero attached hydrogens (tertiary/aromatic N) is 2. The predicted octanol–water partition coefficient (Wildman–Crippen LogP) is 3.74. The fraction of sp³-hybridized carbons (Fsp3) is 0.632. The maximum Gasteiger partial charge on any atom is 0.525 e. The summed E-state index contributed by atoms with van der Waals surface area (Å²) in [7, 11) is 1.13. The van der Waals surface area contributed by atoms with E-state index in [4.69, 9.17) is 9.31 Å². The fourth-order valence-corrected chi connectivity index (χ4v) is 3.42. The molecule has 0 N–H and O–H groups in total. The van der Waals surface area contributed by atoms with Crippen molar-refractivity contribution in [3.63, 3.8) is 0 Å². The highest BCUT2D eigenvalue weighted by Gasteiger charge is 2.54. The van der Waals surface area contributed by atoms with Crippen LogP contribution in [0.5, 0.6) is 0 Å². The molecule has 0 saturated carbocycles. The van der Waals surface area contributed by atoms with Gasteiger partial charge in [0.2, 0.25) is 0 Å². The summed E-state index contributed by atoms with van der Waals surface area (Å²) >= 11 is 0. The molecule has 2 saturated heterocycles. The van der Waals surface area contributed by atoms with Gasteiger partial charge in [-0.15, -0.1) is 0 Å². The first kappa shape index (κ1) is 18.6. The van der Waals surface area contributed by atoms with Gasteiger partial charge in [0, 0.05) is 11.8 Å². The van der Waals surface area contributed by atoms with E-state index in [-0.39, 0.29) is 11.6 Å². The van der Waals surface area contributed by atoms with Gasteiger partial charge in [0.05, 0.1) is 16.9 Å². The van der Waals surface area contributed by atoms with Crippen molar-refractivity contribution in [1.82, 2.24) is 9.88 Å². The van der Waals surface area contributed by atoms with Crippen molar-refractivity contribution in [3.05, 3.63) is 35.8 Å². The molecule has 4 nitrogen and oxygen atoms in total. The van der Waals surface area contributed by atoms with E-state index < -0.39 is 18.3 Å². The van der Waals surface area contributed by atoms with Crippen molar-refractivity contribution >= 4 is 12.7 Å². The van der Waals surface area contributed by atoms with Gasteiger partial charge in [0.25, 0.3) is 0 Å². The molecule has 0 spiro atoms. The summed E-state index contributed by atoms with van der Waals surface area (Å²) < 4.78 is 27.5. The number of hydrogen-bond donors (Lipinski definition) is 0. The van der Waals surface area contributed by atoms with Crippen molar-refractivity contribution in [2.45, 2.75) is 51.7 Å². The molecular formula is C19H28BFN2O2. The SMILES string of the molecule is CN1CCC(C(=C(F)B2OC(C)(C)C(C)(C)O2)c2ccccn2)CC1. The highest BCUT2D eigenvalue weighted by atomic mass is 19.1. The van der Waals surface area contributed by atoms with Gasteiger partial charge in [-0.25, -0.2) is 4.39 Å². The van der Waals surface area contributed by atoms with Crippen LogP contribution in [0, 0.1) is 5.92 Å². The summed E-state index contributed by atoms with van der Waals surface area (Å²) in [5, 5.41) is 0.